The Bertz CT molecular complexity index is 1380. The van der Waals surface area contributed by atoms with Crippen molar-refractivity contribution in [1.29, 1.82) is 0 Å². The molecule has 0 atom stereocenters. The lowest BCUT2D eigenvalue weighted by molar-refractivity contribution is 0.0950. The minimum absolute atomic E-state index is 0. The van der Waals surface area contributed by atoms with E-state index in [2.05, 4.69) is 10.6 Å². The van der Waals surface area contributed by atoms with Crippen LogP contribution in [0.5, 0.6) is 0 Å². The molecule has 0 spiro atoms. The molecule has 0 aliphatic carbocycles. The van der Waals surface area contributed by atoms with Gasteiger partial charge in [-0.3, -0.25) is 9.59 Å². The molecule has 1 aliphatic heterocycles. The number of hydrogen-bond donors (Lipinski definition) is 2. The van der Waals surface area contributed by atoms with Crippen molar-refractivity contribution in [1.82, 2.24) is 10.6 Å². The number of nitrogens with one attached hydrogen (secondary N) is 2. The van der Waals surface area contributed by atoms with Gasteiger partial charge < -0.3 is 10.6 Å². The quantitative estimate of drug-likeness (QED) is 0.292. The SMILES string of the molecule is Cl.O=C(NCCCC1CCNCC1)c1ccc(S(=O)(=O)N(C(=O)c2ccc(Cl)cc2Cl)c2ccccc2)cc1. The number of rotatable bonds is 9. The second-order valence-corrected chi connectivity index (χ2v) is 11.8. The molecule has 0 saturated carbocycles. The molecule has 3 aromatic rings. The highest BCUT2D eigenvalue weighted by atomic mass is 35.5. The average Bonchev–Trinajstić information content (AvgIpc) is 2.92. The molecular weight excluding hydrogens is 581 g/mol. The number of amides is 2. The number of benzene rings is 3. The van der Waals surface area contributed by atoms with Gasteiger partial charge in [0.1, 0.15) is 0 Å². The molecule has 3 aromatic carbocycles. The van der Waals surface area contributed by atoms with E-state index in [9.17, 15) is 18.0 Å². The molecule has 0 aromatic heterocycles. The standard InChI is InChI=1S/C28H29Cl2N3O4S.ClH/c29-22-10-13-25(26(30)19-22)28(35)33(23-6-2-1-3-7-23)38(36,37)24-11-8-21(9-12-24)27(34)32-16-4-5-20-14-17-31-18-15-20;/h1-3,6-13,19-20,31H,4-5,14-18H2,(H,32,34);1H. The van der Waals surface area contributed by atoms with E-state index in [1.807, 2.05) is 0 Å². The number of halogens is 3. The minimum Gasteiger partial charge on any atom is -0.352 e. The predicted octanol–water partition coefficient (Wildman–Crippen LogP) is 5.96. The molecule has 1 heterocycles. The molecule has 4 rings (SSSR count). The van der Waals surface area contributed by atoms with Crippen LogP contribution in [-0.2, 0) is 10.0 Å². The lowest BCUT2D eigenvalue weighted by Gasteiger charge is -2.23. The third-order valence-corrected chi connectivity index (χ3v) is 8.80. The lowest BCUT2D eigenvalue weighted by atomic mass is 9.93. The topological polar surface area (TPSA) is 95.6 Å². The molecule has 0 radical (unpaired) electrons. The van der Waals surface area contributed by atoms with Crippen LogP contribution in [0.15, 0.2) is 77.7 Å². The van der Waals surface area contributed by atoms with Gasteiger partial charge in [0.05, 0.1) is 21.2 Å². The number of carbonyl (C=O) groups is 2. The zero-order valence-corrected chi connectivity index (χ0v) is 24.3. The molecule has 39 heavy (non-hydrogen) atoms. The highest BCUT2D eigenvalue weighted by Crippen LogP contribution is 2.29. The summed E-state index contributed by atoms with van der Waals surface area (Å²) < 4.78 is 28.1. The molecule has 2 N–H and O–H groups in total. The first-order valence-corrected chi connectivity index (χ1v) is 14.7. The predicted molar refractivity (Wildman–Crippen MR) is 158 cm³/mol. The number of sulfonamides is 1. The van der Waals surface area contributed by atoms with Crippen LogP contribution < -0.4 is 14.9 Å². The highest BCUT2D eigenvalue weighted by molar-refractivity contribution is 7.93. The van der Waals surface area contributed by atoms with Gasteiger partial charge in [-0.25, -0.2) is 8.42 Å². The Kier molecular flexibility index (Phi) is 11.2. The monoisotopic (exact) mass is 609 g/mol. The first-order chi connectivity index (χ1) is 18.3. The van der Waals surface area contributed by atoms with E-state index < -0.39 is 15.9 Å². The van der Waals surface area contributed by atoms with Crippen LogP contribution in [0.1, 0.15) is 46.4 Å². The van der Waals surface area contributed by atoms with Crippen LogP contribution in [0, 0.1) is 5.92 Å². The smallest absolute Gasteiger partial charge is 0.273 e. The zero-order chi connectivity index (χ0) is 27.1. The van der Waals surface area contributed by atoms with Crippen molar-refractivity contribution in [3.8, 4) is 0 Å². The van der Waals surface area contributed by atoms with Gasteiger partial charge in [0.25, 0.3) is 21.8 Å². The van der Waals surface area contributed by atoms with Crippen molar-refractivity contribution in [2.45, 2.75) is 30.6 Å². The first kappa shape index (κ1) is 30.9. The van der Waals surface area contributed by atoms with Crippen LogP contribution in [0.3, 0.4) is 0 Å². The molecular formula is C28H30Cl3N3O4S. The Hall–Kier alpha value is -2.62. The summed E-state index contributed by atoms with van der Waals surface area (Å²) in [6, 6.07) is 17.8. The van der Waals surface area contributed by atoms with Gasteiger partial charge in [-0.15, -0.1) is 12.4 Å². The van der Waals surface area contributed by atoms with E-state index in [0.29, 0.717) is 27.4 Å². The Morgan fingerprint density at radius 3 is 2.26 bits per heavy atom. The maximum atomic E-state index is 13.7. The van der Waals surface area contributed by atoms with Crippen molar-refractivity contribution < 1.29 is 18.0 Å². The summed E-state index contributed by atoms with van der Waals surface area (Å²) in [6.07, 6.45) is 4.29. The third kappa shape index (κ3) is 7.74. The number of piperidine rings is 1. The van der Waals surface area contributed by atoms with E-state index in [1.165, 1.54) is 54.6 Å². The largest absolute Gasteiger partial charge is 0.352 e. The van der Waals surface area contributed by atoms with Crippen molar-refractivity contribution >= 4 is 63.1 Å². The molecule has 1 aliphatic rings. The van der Waals surface area contributed by atoms with Crippen molar-refractivity contribution in [3.05, 3.63) is 94.0 Å². The van der Waals surface area contributed by atoms with Gasteiger partial charge in [0, 0.05) is 17.1 Å². The Morgan fingerprint density at radius 1 is 0.949 bits per heavy atom. The Balaban J connectivity index is 0.00000420. The summed E-state index contributed by atoms with van der Waals surface area (Å²) in [7, 11) is -4.35. The fourth-order valence-electron chi connectivity index (χ4n) is 4.45. The summed E-state index contributed by atoms with van der Waals surface area (Å²) in [5, 5.41) is 6.61. The summed E-state index contributed by atoms with van der Waals surface area (Å²) in [6.45, 7) is 2.65. The first-order valence-electron chi connectivity index (χ1n) is 12.5. The van der Waals surface area contributed by atoms with Crippen LogP contribution in [0.2, 0.25) is 10.0 Å². The van der Waals surface area contributed by atoms with Gasteiger partial charge in [-0.2, -0.15) is 4.31 Å². The summed E-state index contributed by atoms with van der Waals surface area (Å²) in [5.74, 6) is -0.410. The highest BCUT2D eigenvalue weighted by Gasteiger charge is 2.33. The molecule has 7 nitrogen and oxygen atoms in total. The second kappa shape index (κ2) is 14.1. The molecule has 1 saturated heterocycles. The van der Waals surface area contributed by atoms with E-state index in [-0.39, 0.29) is 39.5 Å². The molecule has 11 heteroatoms. The minimum atomic E-state index is -4.35. The van der Waals surface area contributed by atoms with Gasteiger partial charge >= 0.3 is 0 Å². The van der Waals surface area contributed by atoms with Crippen LogP contribution in [0.25, 0.3) is 0 Å². The number of nitrogens with zero attached hydrogens (tertiary/aromatic N) is 1. The summed E-state index contributed by atoms with van der Waals surface area (Å²) in [5.41, 5.74) is 0.479. The normalized spacial score (nSPS) is 13.8. The fraction of sp³-hybridized carbons (Fsp3) is 0.286. The van der Waals surface area contributed by atoms with E-state index >= 15 is 0 Å². The van der Waals surface area contributed by atoms with E-state index in [4.69, 9.17) is 23.2 Å². The van der Waals surface area contributed by atoms with Gasteiger partial charge in [0.2, 0.25) is 0 Å². The Labute approximate surface area is 245 Å². The maximum Gasteiger partial charge on any atom is 0.273 e. The number of hydrogen-bond acceptors (Lipinski definition) is 5. The number of para-hydroxylation sites is 1. The van der Waals surface area contributed by atoms with Gasteiger partial charge in [-0.1, -0.05) is 41.4 Å². The molecule has 208 valence electrons. The number of carbonyl (C=O) groups excluding carboxylic acids is 2. The third-order valence-electron chi connectivity index (χ3n) is 6.52. The van der Waals surface area contributed by atoms with Gasteiger partial charge in [0.15, 0.2) is 0 Å². The van der Waals surface area contributed by atoms with Crippen molar-refractivity contribution in [2.24, 2.45) is 5.92 Å². The second-order valence-electron chi connectivity index (χ2n) is 9.15. The molecule has 1 fully saturated rings. The van der Waals surface area contributed by atoms with Crippen LogP contribution in [0.4, 0.5) is 5.69 Å². The Morgan fingerprint density at radius 2 is 1.62 bits per heavy atom. The van der Waals surface area contributed by atoms with E-state index in [1.54, 1.807) is 18.2 Å². The van der Waals surface area contributed by atoms with Crippen molar-refractivity contribution in [2.75, 3.05) is 23.9 Å². The zero-order valence-electron chi connectivity index (χ0n) is 21.1. The summed E-state index contributed by atoms with van der Waals surface area (Å²) in [4.78, 5) is 26.0. The number of anilines is 1. The van der Waals surface area contributed by atoms with Crippen LogP contribution in [-0.4, -0.2) is 39.9 Å². The van der Waals surface area contributed by atoms with Gasteiger partial charge in [-0.05, 0) is 99.3 Å². The van der Waals surface area contributed by atoms with E-state index in [0.717, 1.165) is 38.8 Å². The fourth-order valence-corrected chi connectivity index (χ4v) is 6.35. The summed E-state index contributed by atoms with van der Waals surface area (Å²) >= 11 is 12.2. The molecule has 0 unspecified atom stereocenters. The van der Waals surface area contributed by atoms with Crippen LogP contribution >= 0.6 is 35.6 Å². The maximum absolute atomic E-state index is 13.7. The molecule has 2 amide bonds. The lowest BCUT2D eigenvalue weighted by Crippen LogP contribution is -2.37. The van der Waals surface area contributed by atoms with Crippen molar-refractivity contribution in [3.63, 3.8) is 0 Å². The molecule has 0 bridgehead atoms. The average molecular weight is 611 g/mol.